The van der Waals surface area contributed by atoms with Gasteiger partial charge in [-0.3, -0.25) is 0 Å². The first-order valence-electron chi connectivity index (χ1n) is 7.36. The summed E-state index contributed by atoms with van der Waals surface area (Å²) < 4.78 is 46.3. The highest BCUT2D eigenvalue weighted by Crippen LogP contribution is 2.25. The lowest BCUT2D eigenvalue weighted by molar-refractivity contribution is -0.274. The first kappa shape index (κ1) is 17.2. The van der Waals surface area contributed by atoms with Gasteiger partial charge in [-0.15, -0.1) is 13.2 Å². The molecular weight excluding hydrogens is 305 g/mol. The largest absolute Gasteiger partial charge is 0.573 e. The Morgan fingerprint density at radius 3 is 2.61 bits per heavy atom. The van der Waals surface area contributed by atoms with Crippen molar-refractivity contribution in [3.63, 3.8) is 0 Å². The van der Waals surface area contributed by atoms with Crippen molar-refractivity contribution >= 4 is 0 Å². The molecule has 0 amide bonds. The molecule has 0 aromatic heterocycles. The molecule has 0 aliphatic heterocycles. The second-order valence-corrected chi connectivity index (χ2v) is 5.40. The van der Waals surface area contributed by atoms with Gasteiger partial charge in [0.05, 0.1) is 0 Å². The molecule has 0 unspecified atom stereocenters. The van der Waals surface area contributed by atoms with E-state index in [1.807, 2.05) is 25.2 Å². The van der Waals surface area contributed by atoms with Crippen molar-refractivity contribution < 1.29 is 22.6 Å². The van der Waals surface area contributed by atoms with Gasteiger partial charge in [0.15, 0.2) is 0 Å². The maximum absolute atomic E-state index is 12.2. The van der Waals surface area contributed by atoms with Crippen molar-refractivity contribution in [1.82, 2.24) is 0 Å². The summed E-state index contributed by atoms with van der Waals surface area (Å²) in [5.74, 6) is 0.562. The number of aryl methyl sites for hydroxylation is 1. The molecule has 0 atom stereocenters. The standard InChI is InChI=1S/C18H19F3O2/c1-13-6-4-3-5-7-16(10-13)22-12-15-8-9-17(11-14(15)2)23-18(19,20)21/h4,6-11H,3,5,12H2,1-2H3/b6-4?,13-10?,16-7+. The molecule has 0 N–H and O–H groups in total. The zero-order valence-corrected chi connectivity index (χ0v) is 13.1. The lowest BCUT2D eigenvalue weighted by Crippen LogP contribution is -2.17. The molecule has 2 nitrogen and oxygen atoms in total. The Morgan fingerprint density at radius 2 is 1.91 bits per heavy atom. The number of hydrogen-bond donors (Lipinski definition) is 0. The number of rotatable bonds is 4. The normalized spacial score (nSPS) is 17.6. The van der Waals surface area contributed by atoms with Crippen LogP contribution in [0.1, 0.15) is 30.9 Å². The van der Waals surface area contributed by atoms with Gasteiger partial charge in [-0.25, -0.2) is 0 Å². The quantitative estimate of drug-likeness (QED) is 0.718. The van der Waals surface area contributed by atoms with E-state index in [2.05, 4.69) is 10.8 Å². The van der Waals surface area contributed by atoms with Crippen LogP contribution in [0.15, 0.2) is 53.8 Å². The van der Waals surface area contributed by atoms with Gasteiger partial charge in [0, 0.05) is 0 Å². The summed E-state index contributed by atoms with van der Waals surface area (Å²) >= 11 is 0. The molecule has 5 heteroatoms. The van der Waals surface area contributed by atoms with Crippen molar-refractivity contribution in [3.8, 4) is 5.75 Å². The predicted molar refractivity (Wildman–Crippen MR) is 82.9 cm³/mol. The number of ether oxygens (including phenoxy) is 2. The first-order valence-corrected chi connectivity index (χ1v) is 7.36. The van der Waals surface area contributed by atoms with E-state index in [0.717, 1.165) is 29.7 Å². The SMILES string of the molecule is CC1=C/C(OCc2ccc(OC(F)(F)F)cc2C)=C\CCC=C1. The van der Waals surface area contributed by atoms with Crippen LogP contribution in [0.5, 0.6) is 5.75 Å². The van der Waals surface area contributed by atoms with Gasteiger partial charge in [0.2, 0.25) is 0 Å². The summed E-state index contributed by atoms with van der Waals surface area (Å²) in [5.41, 5.74) is 2.62. The lowest BCUT2D eigenvalue weighted by atomic mass is 10.1. The maximum Gasteiger partial charge on any atom is 0.573 e. The highest BCUT2D eigenvalue weighted by atomic mass is 19.4. The summed E-state index contributed by atoms with van der Waals surface area (Å²) in [4.78, 5) is 0. The summed E-state index contributed by atoms with van der Waals surface area (Å²) in [6, 6.07) is 4.26. The van der Waals surface area contributed by atoms with E-state index >= 15 is 0 Å². The minimum absolute atomic E-state index is 0.218. The second kappa shape index (κ2) is 7.40. The van der Waals surface area contributed by atoms with E-state index in [4.69, 9.17) is 4.74 Å². The Bertz CT molecular complexity index is 640. The van der Waals surface area contributed by atoms with E-state index in [9.17, 15) is 13.2 Å². The fraction of sp³-hybridized carbons (Fsp3) is 0.333. The van der Waals surface area contributed by atoms with E-state index < -0.39 is 6.36 Å². The van der Waals surface area contributed by atoms with Crippen molar-refractivity contribution in [2.45, 2.75) is 39.7 Å². The molecule has 0 heterocycles. The van der Waals surface area contributed by atoms with Crippen LogP contribution in [0.2, 0.25) is 0 Å². The van der Waals surface area contributed by atoms with Crippen LogP contribution in [-0.2, 0) is 11.3 Å². The number of halogens is 3. The molecule has 2 rings (SSSR count). The van der Waals surface area contributed by atoms with Crippen molar-refractivity contribution in [3.05, 3.63) is 65.0 Å². The number of hydrogen-bond acceptors (Lipinski definition) is 2. The van der Waals surface area contributed by atoms with Crippen LogP contribution in [0.4, 0.5) is 13.2 Å². The van der Waals surface area contributed by atoms with Crippen molar-refractivity contribution in [2.24, 2.45) is 0 Å². The minimum Gasteiger partial charge on any atom is -0.489 e. The summed E-state index contributed by atoms with van der Waals surface area (Å²) in [6.07, 6.45) is 5.31. The number of benzene rings is 1. The molecule has 1 aromatic rings. The van der Waals surface area contributed by atoms with E-state index in [1.54, 1.807) is 13.0 Å². The van der Waals surface area contributed by atoms with Crippen LogP contribution in [0.25, 0.3) is 0 Å². The highest BCUT2D eigenvalue weighted by molar-refractivity contribution is 5.35. The second-order valence-electron chi connectivity index (χ2n) is 5.40. The van der Waals surface area contributed by atoms with Crippen LogP contribution in [0.3, 0.4) is 0 Å². The molecule has 0 radical (unpaired) electrons. The molecular formula is C18H19F3O2. The van der Waals surface area contributed by atoms with Crippen molar-refractivity contribution in [2.75, 3.05) is 0 Å². The average molecular weight is 324 g/mol. The van der Waals surface area contributed by atoms with Gasteiger partial charge in [-0.1, -0.05) is 18.2 Å². The van der Waals surface area contributed by atoms with E-state index in [0.29, 0.717) is 12.2 Å². The molecule has 0 spiro atoms. The van der Waals surface area contributed by atoms with Gasteiger partial charge >= 0.3 is 6.36 Å². The molecule has 0 saturated carbocycles. The average Bonchev–Trinajstić information content (AvgIpc) is 2.41. The Morgan fingerprint density at radius 1 is 1.13 bits per heavy atom. The fourth-order valence-corrected chi connectivity index (χ4v) is 2.21. The van der Waals surface area contributed by atoms with Crippen LogP contribution >= 0.6 is 0 Å². The Kier molecular flexibility index (Phi) is 5.53. The number of alkyl halides is 3. The maximum atomic E-state index is 12.2. The van der Waals surface area contributed by atoms with Gasteiger partial charge in [-0.2, -0.15) is 0 Å². The van der Waals surface area contributed by atoms with Crippen LogP contribution < -0.4 is 4.74 Å². The Labute approximate surface area is 133 Å². The third-order valence-corrected chi connectivity index (χ3v) is 3.37. The number of allylic oxidation sites excluding steroid dienone is 5. The van der Waals surface area contributed by atoms with Gasteiger partial charge < -0.3 is 9.47 Å². The van der Waals surface area contributed by atoms with Crippen LogP contribution in [-0.4, -0.2) is 6.36 Å². The molecule has 1 aromatic carbocycles. The lowest BCUT2D eigenvalue weighted by Gasteiger charge is -2.13. The topological polar surface area (TPSA) is 18.5 Å². The summed E-state index contributed by atoms with van der Waals surface area (Å²) in [7, 11) is 0. The van der Waals surface area contributed by atoms with Gasteiger partial charge in [0.25, 0.3) is 0 Å². The van der Waals surface area contributed by atoms with Crippen molar-refractivity contribution in [1.29, 1.82) is 0 Å². The van der Waals surface area contributed by atoms with Gasteiger partial charge in [0.1, 0.15) is 18.1 Å². The fourth-order valence-electron chi connectivity index (χ4n) is 2.21. The zero-order chi connectivity index (χ0) is 16.9. The van der Waals surface area contributed by atoms with E-state index in [1.165, 1.54) is 12.1 Å². The third-order valence-electron chi connectivity index (χ3n) is 3.37. The molecule has 23 heavy (non-hydrogen) atoms. The first-order chi connectivity index (χ1) is 10.8. The van der Waals surface area contributed by atoms with Crippen LogP contribution in [0, 0.1) is 6.92 Å². The molecule has 1 aliphatic carbocycles. The predicted octanol–water partition coefficient (Wildman–Crippen LogP) is 5.59. The minimum atomic E-state index is -4.68. The molecule has 0 bridgehead atoms. The molecule has 0 fully saturated rings. The molecule has 0 saturated heterocycles. The summed E-state index contributed by atoms with van der Waals surface area (Å²) in [6.45, 7) is 4.03. The molecule has 124 valence electrons. The van der Waals surface area contributed by atoms with E-state index in [-0.39, 0.29) is 5.75 Å². The Balaban J connectivity index is 2.03. The smallest absolute Gasteiger partial charge is 0.489 e. The van der Waals surface area contributed by atoms with Gasteiger partial charge in [-0.05, 0) is 67.7 Å². The highest BCUT2D eigenvalue weighted by Gasteiger charge is 2.31. The zero-order valence-electron chi connectivity index (χ0n) is 13.1. The third kappa shape index (κ3) is 5.85. The monoisotopic (exact) mass is 324 g/mol. The summed E-state index contributed by atoms with van der Waals surface area (Å²) in [5, 5.41) is 0. The Hall–Kier alpha value is -2.17. The molecule has 1 aliphatic rings.